The SMILES string of the molecule is S=C(N=Nc1ccccc1)NNc1ccccc1.S=C(N=Nc1ccccc1)NNc1ccccc1.[Cu+2]. The van der Waals surface area contributed by atoms with E-state index in [1.54, 1.807) is 0 Å². The van der Waals surface area contributed by atoms with Crippen molar-refractivity contribution in [2.75, 3.05) is 10.9 Å². The summed E-state index contributed by atoms with van der Waals surface area (Å²) in [6.45, 7) is 0. The maximum Gasteiger partial charge on any atom is 2.00 e. The van der Waals surface area contributed by atoms with Gasteiger partial charge in [0.15, 0.2) is 0 Å². The molecule has 0 atom stereocenters. The average Bonchev–Trinajstić information content (AvgIpc) is 2.95. The van der Waals surface area contributed by atoms with Crippen molar-refractivity contribution in [1.29, 1.82) is 0 Å². The first-order valence-corrected chi connectivity index (χ1v) is 11.7. The van der Waals surface area contributed by atoms with E-state index in [1.165, 1.54) is 0 Å². The van der Waals surface area contributed by atoms with Crippen LogP contribution in [0.5, 0.6) is 0 Å². The van der Waals surface area contributed by atoms with Gasteiger partial charge in [0.1, 0.15) is 0 Å². The van der Waals surface area contributed by atoms with Gasteiger partial charge in [-0.15, -0.1) is 20.5 Å². The number of hydrogen-bond acceptors (Lipinski definition) is 6. The van der Waals surface area contributed by atoms with Crippen LogP contribution in [-0.4, -0.2) is 10.2 Å². The molecule has 0 unspecified atom stereocenters. The van der Waals surface area contributed by atoms with Gasteiger partial charge in [0, 0.05) is 0 Å². The zero-order valence-corrected chi connectivity index (χ0v) is 22.0. The first kappa shape index (κ1) is 29.2. The number of benzene rings is 4. The average molecular weight is 576 g/mol. The third-order valence-electron chi connectivity index (χ3n) is 4.20. The minimum Gasteiger partial charge on any atom is -0.299 e. The van der Waals surface area contributed by atoms with E-state index in [-0.39, 0.29) is 27.3 Å². The monoisotopic (exact) mass is 575 g/mol. The van der Waals surface area contributed by atoms with E-state index < -0.39 is 0 Å². The summed E-state index contributed by atoms with van der Waals surface area (Å²) in [6, 6.07) is 38.1. The second-order valence-corrected chi connectivity index (χ2v) is 7.69. The number of thiocarbonyl (C=S) groups is 2. The topological polar surface area (TPSA) is 97.6 Å². The van der Waals surface area contributed by atoms with Crippen LogP contribution in [0.15, 0.2) is 142 Å². The van der Waals surface area contributed by atoms with E-state index in [4.69, 9.17) is 24.4 Å². The van der Waals surface area contributed by atoms with Crippen LogP contribution in [0.2, 0.25) is 0 Å². The molecule has 11 heteroatoms. The summed E-state index contributed by atoms with van der Waals surface area (Å²) in [6.07, 6.45) is 0. The molecule has 0 amide bonds. The molecule has 8 nitrogen and oxygen atoms in total. The summed E-state index contributed by atoms with van der Waals surface area (Å²) in [5.74, 6) is 0. The number of para-hydroxylation sites is 2. The predicted molar refractivity (Wildman–Crippen MR) is 154 cm³/mol. The largest absolute Gasteiger partial charge is 2.00 e. The number of rotatable bonds is 6. The number of nitrogens with zero attached hydrogens (tertiary/aromatic N) is 4. The minimum atomic E-state index is 0. The molecule has 4 rings (SSSR count). The van der Waals surface area contributed by atoms with Gasteiger partial charge >= 0.3 is 17.1 Å². The van der Waals surface area contributed by atoms with Crippen molar-refractivity contribution >= 4 is 57.4 Å². The molecule has 189 valence electrons. The van der Waals surface area contributed by atoms with Crippen LogP contribution in [0.25, 0.3) is 0 Å². The van der Waals surface area contributed by atoms with Gasteiger partial charge in [0.2, 0.25) is 10.2 Å². The fourth-order valence-electron chi connectivity index (χ4n) is 2.54. The maximum atomic E-state index is 5.02. The second kappa shape index (κ2) is 17.4. The van der Waals surface area contributed by atoms with E-state index in [0.717, 1.165) is 22.7 Å². The smallest absolute Gasteiger partial charge is 0.299 e. The molecule has 0 aliphatic carbocycles. The Hall–Kier alpha value is -4.02. The number of azo groups is 2. The van der Waals surface area contributed by atoms with Crippen LogP contribution >= 0.6 is 24.4 Å². The number of hydrazine groups is 2. The quantitative estimate of drug-likeness (QED) is 0.0831. The van der Waals surface area contributed by atoms with E-state index in [0.29, 0.717) is 0 Å². The normalized spacial score (nSPS) is 9.95. The Kier molecular flexibility index (Phi) is 13.7. The zero-order valence-electron chi connectivity index (χ0n) is 19.5. The van der Waals surface area contributed by atoms with Gasteiger partial charge in [-0.05, 0) is 73.0 Å². The van der Waals surface area contributed by atoms with E-state index in [1.807, 2.05) is 121 Å². The van der Waals surface area contributed by atoms with Crippen molar-refractivity contribution in [1.82, 2.24) is 10.9 Å². The Bertz CT molecular complexity index is 1160. The van der Waals surface area contributed by atoms with Crippen LogP contribution in [-0.2, 0) is 17.1 Å². The van der Waals surface area contributed by atoms with Gasteiger partial charge in [0.25, 0.3) is 0 Å². The molecule has 0 heterocycles. The molecule has 4 aromatic carbocycles. The molecular weight excluding hydrogens is 552 g/mol. The Labute approximate surface area is 237 Å². The van der Waals surface area contributed by atoms with Crippen LogP contribution < -0.4 is 21.7 Å². The predicted octanol–water partition coefficient (Wildman–Crippen LogP) is 7.34. The molecule has 1 radical (unpaired) electrons. The first-order chi connectivity index (χ1) is 17.7. The van der Waals surface area contributed by atoms with Crippen LogP contribution in [0.4, 0.5) is 22.7 Å². The van der Waals surface area contributed by atoms with Crippen LogP contribution in [0.1, 0.15) is 0 Å². The summed E-state index contributed by atoms with van der Waals surface area (Å²) >= 11 is 10.0. The van der Waals surface area contributed by atoms with Gasteiger partial charge in [-0.1, -0.05) is 72.8 Å². The van der Waals surface area contributed by atoms with Crippen LogP contribution in [0.3, 0.4) is 0 Å². The van der Waals surface area contributed by atoms with E-state index in [9.17, 15) is 0 Å². The molecule has 4 N–H and O–H groups in total. The molecule has 37 heavy (non-hydrogen) atoms. The number of anilines is 2. The Morgan fingerprint density at radius 3 is 1.08 bits per heavy atom. The van der Waals surface area contributed by atoms with Crippen molar-refractivity contribution in [3.05, 3.63) is 121 Å². The molecule has 0 saturated carbocycles. The van der Waals surface area contributed by atoms with Crippen LogP contribution in [0, 0.1) is 0 Å². The van der Waals surface area contributed by atoms with Gasteiger partial charge < -0.3 is 0 Å². The molecule has 4 aromatic rings. The minimum absolute atomic E-state index is 0. The van der Waals surface area contributed by atoms with Crippen molar-refractivity contribution < 1.29 is 17.1 Å². The number of nitrogens with one attached hydrogen (secondary N) is 4. The molecule has 0 bridgehead atoms. The van der Waals surface area contributed by atoms with Gasteiger partial charge in [-0.2, -0.15) is 0 Å². The van der Waals surface area contributed by atoms with Crippen molar-refractivity contribution in [2.24, 2.45) is 20.5 Å². The third-order valence-corrected chi connectivity index (χ3v) is 4.57. The molecule has 0 aromatic heterocycles. The standard InChI is InChI=1S/2C13H12N4S.Cu/c2*18-13(16-14-11-7-3-1-4-8-11)17-15-12-9-5-2-6-10-12;/h2*1-10,14H,(H,16,18);/q;;+2. The second-order valence-electron chi connectivity index (χ2n) is 6.91. The molecule has 0 saturated heterocycles. The molecule has 0 aliphatic heterocycles. The Balaban J connectivity index is 0.000000253. The first-order valence-electron chi connectivity index (χ1n) is 10.8. The van der Waals surface area contributed by atoms with Crippen molar-refractivity contribution in [3.63, 3.8) is 0 Å². The number of hydrogen-bond donors (Lipinski definition) is 4. The third kappa shape index (κ3) is 12.5. The van der Waals surface area contributed by atoms with Gasteiger partial charge in [-0.3, -0.25) is 21.7 Å². The summed E-state index contributed by atoms with van der Waals surface area (Å²) in [5.41, 5.74) is 14.8. The summed E-state index contributed by atoms with van der Waals surface area (Å²) in [5, 5.41) is 16.3. The molecule has 0 aliphatic rings. The molecule has 0 spiro atoms. The van der Waals surface area contributed by atoms with Gasteiger partial charge in [0.05, 0.1) is 22.7 Å². The van der Waals surface area contributed by atoms with Crippen molar-refractivity contribution in [3.8, 4) is 0 Å². The maximum absolute atomic E-state index is 5.02. The molecule has 0 fully saturated rings. The van der Waals surface area contributed by atoms with E-state index in [2.05, 4.69) is 42.2 Å². The fraction of sp³-hybridized carbons (Fsp3) is 0. The fourth-order valence-corrected chi connectivity index (χ4v) is 2.72. The summed E-state index contributed by atoms with van der Waals surface area (Å²) in [4.78, 5) is 0. The summed E-state index contributed by atoms with van der Waals surface area (Å²) < 4.78 is 0. The Morgan fingerprint density at radius 1 is 0.459 bits per heavy atom. The summed E-state index contributed by atoms with van der Waals surface area (Å²) in [7, 11) is 0. The zero-order chi connectivity index (χ0) is 25.3. The Morgan fingerprint density at radius 2 is 0.757 bits per heavy atom. The van der Waals surface area contributed by atoms with E-state index >= 15 is 0 Å². The molecular formula is C26H24CuN8S2+2. The van der Waals surface area contributed by atoms with Crippen molar-refractivity contribution in [2.45, 2.75) is 0 Å². The van der Waals surface area contributed by atoms with Gasteiger partial charge in [-0.25, -0.2) is 0 Å².